The molecule has 1 amide bonds. The average Bonchev–Trinajstić information content (AvgIpc) is 2.90. The van der Waals surface area contributed by atoms with E-state index in [0.29, 0.717) is 5.76 Å². The Kier molecular flexibility index (Phi) is 5.38. The van der Waals surface area contributed by atoms with Crippen molar-refractivity contribution in [2.75, 3.05) is 0 Å². The number of carbonyl (C=O) groups is 1. The topological polar surface area (TPSA) is 42.2 Å². The molecule has 0 fully saturated rings. The molecule has 0 saturated heterocycles. The Balaban J connectivity index is 1.75. The number of benzene rings is 1. The average molecular weight is 283 g/mol. The van der Waals surface area contributed by atoms with Crippen molar-refractivity contribution in [3.63, 3.8) is 0 Å². The minimum Gasteiger partial charge on any atom is -0.462 e. The maximum absolute atomic E-state index is 11.8. The second-order valence-corrected chi connectivity index (χ2v) is 5.22. The fourth-order valence-corrected chi connectivity index (χ4v) is 2.09. The van der Waals surface area contributed by atoms with E-state index < -0.39 is 0 Å². The molecule has 2 rings (SSSR count). The highest BCUT2D eigenvalue weighted by Crippen LogP contribution is 2.08. The normalized spacial score (nSPS) is 12.5. The molecule has 3 heteroatoms. The zero-order valence-corrected chi connectivity index (χ0v) is 12.5. The number of hydrogen-bond acceptors (Lipinski definition) is 2. The van der Waals surface area contributed by atoms with Crippen molar-refractivity contribution in [3.05, 3.63) is 65.6 Å². The van der Waals surface area contributed by atoms with Crippen LogP contribution < -0.4 is 5.32 Å². The molecule has 1 aromatic carbocycles. The molecule has 110 valence electrons. The van der Waals surface area contributed by atoms with Crippen LogP contribution in [0.5, 0.6) is 0 Å². The molecule has 0 spiro atoms. The summed E-state index contributed by atoms with van der Waals surface area (Å²) in [5.41, 5.74) is 1.29. The summed E-state index contributed by atoms with van der Waals surface area (Å²) < 4.78 is 5.38. The van der Waals surface area contributed by atoms with E-state index in [1.807, 2.05) is 44.2 Å². The Labute approximate surface area is 125 Å². The number of furan rings is 1. The van der Waals surface area contributed by atoms with Gasteiger partial charge < -0.3 is 9.73 Å². The molecule has 2 aromatic rings. The van der Waals surface area contributed by atoms with Gasteiger partial charge in [0.2, 0.25) is 5.91 Å². The van der Waals surface area contributed by atoms with Crippen LogP contribution in [-0.2, 0) is 11.2 Å². The van der Waals surface area contributed by atoms with Crippen LogP contribution in [0.25, 0.3) is 6.08 Å². The summed E-state index contributed by atoms with van der Waals surface area (Å²) in [5.74, 6) is 1.44. The minimum atomic E-state index is -0.0929. The van der Waals surface area contributed by atoms with Gasteiger partial charge in [-0.05, 0) is 50.5 Å². The largest absolute Gasteiger partial charge is 0.462 e. The quantitative estimate of drug-likeness (QED) is 0.821. The predicted octanol–water partition coefficient (Wildman–Crippen LogP) is 3.74. The monoisotopic (exact) mass is 283 g/mol. The molecule has 1 aromatic heterocycles. The maximum atomic E-state index is 11.8. The maximum Gasteiger partial charge on any atom is 0.244 e. The van der Waals surface area contributed by atoms with Crippen molar-refractivity contribution in [2.45, 2.75) is 32.7 Å². The molecule has 21 heavy (non-hydrogen) atoms. The number of aryl methyl sites for hydroxylation is 2. The second kappa shape index (κ2) is 7.48. The number of rotatable bonds is 6. The third kappa shape index (κ3) is 5.30. The SMILES string of the molecule is Cc1ccc(C=CC(=O)NC(C)CCc2ccccc2)o1. The van der Waals surface area contributed by atoms with Gasteiger partial charge in [-0.2, -0.15) is 0 Å². The molecule has 0 aliphatic heterocycles. The third-order valence-electron chi connectivity index (χ3n) is 3.26. The first-order valence-electron chi connectivity index (χ1n) is 7.22. The van der Waals surface area contributed by atoms with Gasteiger partial charge in [0.25, 0.3) is 0 Å². The van der Waals surface area contributed by atoms with E-state index in [0.717, 1.165) is 18.6 Å². The van der Waals surface area contributed by atoms with Crippen LogP contribution in [0, 0.1) is 6.92 Å². The first kappa shape index (κ1) is 15.1. The lowest BCUT2D eigenvalue weighted by atomic mass is 10.1. The highest BCUT2D eigenvalue weighted by molar-refractivity contribution is 5.91. The van der Waals surface area contributed by atoms with E-state index in [2.05, 4.69) is 17.4 Å². The van der Waals surface area contributed by atoms with E-state index in [1.165, 1.54) is 11.6 Å². The minimum absolute atomic E-state index is 0.0929. The number of amides is 1. The summed E-state index contributed by atoms with van der Waals surface area (Å²) in [7, 11) is 0. The van der Waals surface area contributed by atoms with Crippen LogP contribution in [0.3, 0.4) is 0 Å². The van der Waals surface area contributed by atoms with Gasteiger partial charge in [-0.3, -0.25) is 4.79 Å². The molecular weight excluding hydrogens is 262 g/mol. The highest BCUT2D eigenvalue weighted by Gasteiger charge is 2.05. The van der Waals surface area contributed by atoms with E-state index in [-0.39, 0.29) is 11.9 Å². The zero-order chi connectivity index (χ0) is 15.1. The van der Waals surface area contributed by atoms with Crippen LogP contribution >= 0.6 is 0 Å². The van der Waals surface area contributed by atoms with Crippen LogP contribution in [-0.4, -0.2) is 11.9 Å². The van der Waals surface area contributed by atoms with Gasteiger partial charge in [0, 0.05) is 12.1 Å². The predicted molar refractivity (Wildman–Crippen MR) is 84.8 cm³/mol. The van der Waals surface area contributed by atoms with Gasteiger partial charge in [0.05, 0.1) is 0 Å². The van der Waals surface area contributed by atoms with Crippen molar-refractivity contribution in [1.29, 1.82) is 0 Å². The Bertz CT molecular complexity index is 599. The summed E-state index contributed by atoms with van der Waals surface area (Å²) in [6, 6.07) is 14.1. The van der Waals surface area contributed by atoms with Crippen molar-refractivity contribution in [2.24, 2.45) is 0 Å². The van der Waals surface area contributed by atoms with E-state index in [9.17, 15) is 4.79 Å². The third-order valence-corrected chi connectivity index (χ3v) is 3.26. The molecule has 1 atom stereocenters. The lowest BCUT2D eigenvalue weighted by Crippen LogP contribution is -2.31. The van der Waals surface area contributed by atoms with Gasteiger partial charge in [0.15, 0.2) is 0 Å². The first-order chi connectivity index (χ1) is 10.1. The molecule has 0 radical (unpaired) electrons. The van der Waals surface area contributed by atoms with Crippen LogP contribution in [0.4, 0.5) is 0 Å². The summed E-state index contributed by atoms with van der Waals surface area (Å²) in [4.78, 5) is 11.8. The van der Waals surface area contributed by atoms with Gasteiger partial charge in [-0.15, -0.1) is 0 Å². The Morgan fingerprint density at radius 1 is 1.24 bits per heavy atom. The van der Waals surface area contributed by atoms with Gasteiger partial charge in [-0.1, -0.05) is 30.3 Å². The lowest BCUT2D eigenvalue weighted by molar-refractivity contribution is -0.117. The Hall–Kier alpha value is -2.29. The lowest BCUT2D eigenvalue weighted by Gasteiger charge is -2.12. The molecule has 0 bridgehead atoms. The molecule has 0 aliphatic rings. The first-order valence-corrected chi connectivity index (χ1v) is 7.22. The van der Waals surface area contributed by atoms with Gasteiger partial charge >= 0.3 is 0 Å². The Morgan fingerprint density at radius 3 is 2.67 bits per heavy atom. The molecule has 1 N–H and O–H groups in total. The molecular formula is C18H21NO2. The molecule has 0 aliphatic carbocycles. The fraction of sp³-hybridized carbons (Fsp3) is 0.278. The molecule has 3 nitrogen and oxygen atoms in total. The summed E-state index contributed by atoms with van der Waals surface area (Å²) in [5, 5.41) is 2.96. The van der Waals surface area contributed by atoms with E-state index in [4.69, 9.17) is 4.42 Å². The second-order valence-electron chi connectivity index (χ2n) is 5.22. The zero-order valence-electron chi connectivity index (χ0n) is 12.5. The summed E-state index contributed by atoms with van der Waals surface area (Å²) in [6.45, 7) is 3.90. The summed E-state index contributed by atoms with van der Waals surface area (Å²) >= 11 is 0. The standard InChI is InChI=1S/C18H21NO2/c1-14(8-10-16-6-4-3-5-7-16)19-18(20)13-12-17-11-9-15(2)21-17/h3-7,9,11-14H,8,10H2,1-2H3,(H,19,20). The number of carbonyl (C=O) groups excluding carboxylic acids is 1. The molecule has 1 heterocycles. The number of nitrogens with one attached hydrogen (secondary N) is 1. The van der Waals surface area contributed by atoms with Crippen LogP contribution in [0.1, 0.15) is 30.4 Å². The molecule has 1 unspecified atom stereocenters. The number of hydrogen-bond donors (Lipinski definition) is 1. The van der Waals surface area contributed by atoms with Gasteiger partial charge in [0.1, 0.15) is 11.5 Å². The summed E-state index contributed by atoms with van der Waals surface area (Å²) in [6.07, 6.45) is 5.08. The smallest absolute Gasteiger partial charge is 0.244 e. The fourth-order valence-electron chi connectivity index (χ4n) is 2.09. The Morgan fingerprint density at radius 2 is 2.00 bits per heavy atom. The van der Waals surface area contributed by atoms with Crippen LogP contribution in [0.2, 0.25) is 0 Å². The highest BCUT2D eigenvalue weighted by atomic mass is 16.3. The van der Waals surface area contributed by atoms with E-state index >= 15 is 0 Å². The van der Waals surface area contributed by atoms with Crippen LogP contribution in [0.15, 0.2) is 53.0 Å². The van der Waals surface area contributed by atoms with Crippen molar-refractivity contribution in [3.8, 4) is 0 Å². The van der Waals surface area contributed by atoms with Crippen molar-refractivity contribution < 1.29 is 9.21 Å². The van der Waals surface area contributed by atoms with Crippen molar-refractivity contribution in [1.82, 2.24) is 5.32 Å². The van der Waals surface area contributed by atoms with Crippen molar-refractivity contribution >= 4 is 12.0 Å². The molecule has 0 saturated carbocycles. The van der Waals surface area contributed by atoms with Gasteiger partial charge in [-0.25, -0.2) is 0 Å². The van der Waals surface area contributed by atoms with E-state index in [1.54, 1.807) is 6.08 Å².